The van der Waals surface area contributed by atoms with Gasteiger partial charge in [-0.3, -0.25) is 18.3 Å². The predicted molar refractivity (Wildman–Crippen MR) is 87.6 cm³/mol. The van der Waals surface area contributed by atoms with Gasteiger partial charge in [0.1, 0.15) is 0 Å². The number of imidazole rings is 2. The first-order chi connectivity index (χ1) is 11.0. The van der Waals surface area contributed by atoms with Crippen LogP contribution in [0.2, 0.25) is 0 Å². The van der Waals surface area contributed by atoms with Crippen molar-refractivity contribution in [3.8, 4) is 11.3 Å². The van der Waals surface area contributed by atoms with E-state index in [1.54, 1.807) is 11.4 Å². The van der Waals surface area contributed by atoms with Crippen LogP contribution in [0, 0.1) is 0 Å². The molecule has 0 atom stereocenters. The number of aromatic nitrogens is 5. The third-order valence-corrected chi connectivity index (χ3v) is 4.26. The largest absolute Gasteiger partial charge is 0.332 e. The molecule has 7 nitrogen and oxygen atoms in total. The standard InChI is InChI=1S/C16H15N5O2/c1-18-11(10-7-5-4-6-8-10)9-21-12-13(17-15(18)21)19(2)16(23)20(3)14(12)22/h4-9H,1-3H3. The number of hydrogen-bond donors (Lipinski definition) is 0. The average molecular weight is 309 g/mol. The van der Waals surface area contributed by atoms with Gasteiger partial charge in [-0.1, -0.05) is 30.3 Å². The molecule has 116 valence electrons. The van der Waals surface area contributed by atoms with Crippen LogP contribution >= 0.6 is 0 Å². The van der Waals surface area contributed by atoms with E-state index in [0.717, 1.165) is 15.8 Å². The summed E-state index contributed by atoms with van der Waals surface area (Å²) in [5.41, 5.74) is 2.06. The highest BCUT2D eigenvalue weighted by Gasteiger charge is 2.19. The average Bonchev–Trinajstić information content (AvgIpc) is 3.09. The van der Waals surface area contributed by atoms with E-state index in [9.17, 15) is 9.59 Å². The molecule has 0 bridgehead atoms. The minimum Gasteiger partial charge on any atom is -0.313 e. The molecule has 4 aromatic rings. The van der Waals surface area contributed by atoms with Gasteiger partial charge in [0.05, 0.1) is 5.69 Å². The number of fused-ring (bicyclic) bond motifs is 3. The number of aryl methyl sites for hydroxylation is 2. The van der Waals surface area contributed by atoms with Gasteiger partial charge in [-0.05, 0) is 5.56 Å². The highest BCUT2D eigenvalue weighted by molar-refractivity contribution is 5.77. The van der Waals surface area contributed by atoms with Crippen molar-refractivity contribution in [3.63, 3.8) is 0 Å². The van der Waals surface area contributed by atoms with Crippen LogP contribution in [0.25, 0.3) is 28.2 Å². The number of hydrogen-bond acceptors (Lipinski definition) is 3. The van der Waals surface area contributed by atoms with Crippen LogP contribution in [0.5, 0.6) is 0 Å². The molecule has 0 saturated carbocycles. The normalized spacial score (nSPS) is 11.6. The predicted octanol–water partition coefficient (Wildman–Crippen LogP) is 0.890. The van der Waals surface area contributed by atoms with E-state index >= 15 is 0 Å². The Balaban J connectivity index is 2.18. The Bertz CT molecular complexity index is 1170. The summed E-state index contributed by atoms with van der Waals surface area (Å²) in [6.07, 6.45) is 1.88. The fourth-order valence-electron chi connectivity index (χ4n) is 2.96. The molecule has 3 heterocycles. The van der Waals surface area contributed by atoms with Gasteiger partial charge in [-0.25, -0.2) is 4.79 Å². The molecule has 0 radical (unpaired) electrons. The molecular formula is C16H15N5O2. The van der Waals surface area contributed by atoms with E-state index in [-0.39, 0.29) is 11.2 Å². The molecule has 0 fully saturated rings. The summed E-state index contributed by atoms with van der Waals surface area (Å²) >= 11 is 0. The number of rotatable bonds is 1. The Morgan fingerprint density at radius 3 is 2.30 bits per heavy atom. The monoisotopic (exact) mass is 309 g/mol. The van der Waals surface area contributed by atoms with Crippen LogP contribution < -0.4 is 11.2 Å². The van der Waals surface area contributed by atoms with Crippen molar-refractivity contribution in [2.45, 2.75) is 0 Å². The fourth-order valence-corrected chi connectivity index (χ4v) is 2.96. The summed E-state index contributed by atoms with van der Waals surface area (Å²) in [5, 5.41) is 0. The van der Waals surface area contributed by atoms with Crippen molar-refractivity contribution >= 4 is 16.9 Å². The second-order valence-corrected chi connectivity index (χ2v) is 5.60. The molecule has 23 heavy (non-hydrogen) atoms. The smallest absolute Gasteiger partial charge is 0.313 e. The van der Waals surface area contributed by atoms with Crippen LogP contribution in [0.15, 0.2) is 46.1 Å². The van der Waals surface area contributed by atoms with Gasteiger partial charge < -0.3 is 4.57 Å². The van der Waals surface area contributed by atoms with Gasteiger partial charge in [0.25, 0.3) is 5.56 Å². The summed E-state index contributed by atoms with van der Waals surface area (Å²) in [7, 11) is 4.99. The van der Waals surface area contributed by atoms with Gasteiger partial charge in [-0.15, -0.1) is 0 Å². The first kappa shape index (κ1) is 13.6. The number of benzene rings is 1. The van der Waals surface area contributed by atoms with Gasteiger partial charge in [0.15, 0.2) is 11.2 Å². The molecule has 3 aromatic heterocycles. The maximum absolute atomic E-state index is 12.5. The van der Waals surface area contributed by atoms with E-state index < -0.39 is 0 Å². The van der Waals surface area contributed by atoms with Gasteiger partial charge in [0, 0.05) is 27.3 Å². The lowest BCUT2D eigenvalue weighted by atomic mass is 10.2. The van der Waals surface area contributed by atoms with Crippen LogP contribution in [-0.4, -0.2) is 23.1 Å². The van der Waals surface area contributed by atoms with Gasteiger partial charge in [-0.2, -0.15) is 4.98 Å². The van der Waals surface area contributed by atoms with E-state index in [0.29, 0.717) is 16.9 Å². The molecule has 0 aliphatic heterocycles. The second-order valence-electron chi connectivity index (χ2n) is 5.60. The maximum atomic E-state index is 12.5. The summed E-state index contributed by atoms with van der Waals surface area (Å²) in [4.78, 5) is 29.1. The third-order valence-electron chi connectivity index (χ3n) is 4.26. The highest BCUT2D eigenvalue weighted by Crippen LogP contribution is 2.23. The van der Waals surface area contributed by atoms with E-state index in [2.05, 4.69) is 4.98 Å². The SMILES string of the molecule is Cn1c(=O)c2c(nc3n(C)c(-c4ccccc4)cn23)n(C)c1=O. The first-order valence-corrected chi connectivity index (χ1v) is 7.19. The molecule has 0 unspecified atom stereocenters. The van der Waals surface area contributed by atoms with Gasteiger partial charge >= 0.3 is 5.69 Å². The first-order valence-electron chi connectivity index (χ1n) is 7.19. The topological polar surface area (TPSA) is 66.2 Å². The minimum absolute atomic E-state index is 0.346. The summed E-state index contributed by atoms with van der Waals surface area (Å²) in [6, 6.07) is 9.89. The van der Waals surface area contributed by atoms with Crippen LogP contribution in [-0.2, 0) is 21.1 Å². The fraction of sp³-hybridized carbons (Fsp3) is 0.188. The Morgan fingerprint density at radius 1 is 0.913 bits per heavy atom. The zero-order valence-corrected chi connectivity index (χ0v) is 13.0. The molecule has 0 aliphatic carbocycles. The zero-order chi connectivity index (χ0) is 16.3. The minimum atomic E-state index is -0.380. The molecule has 0 N–H and O–H groups in total. The second kappa shape index (κ2) is 4.45. The van der Waals surface area contributed by atoms with Crippen LogP contribution in [0.1, 0.15) is 0 Å². The van der Waals surface area contributed by atoms with Crippen LogP contribution in [0.3, 0.4) is 0 Å². The van der Waals surface area contributed by atoms with Crippen molar-refractivity contribution in [2.75, 3.05) is 0 Å². The van der Waals surface area contributed by atoms with Crippen molar-refractivity contribution in [3.05, 3.63) is 57.4 Å². The Kier molecular flexibility index (Phi) is 2.63. The molecule has 0 aliphatic rings. The highest BCUT2D eigenvalue weighted by atomic mass is 16.2. The Labute approximate surface area is 130 Å². The third kappa shape index (κ3) is 1.67. The molecule has 7 heteroatoms. The summed E-state index contributed by atoms with van der Waals surface area (Å²) in [5.74, 6) is 0.622. The van der Waals surface area contributed by atoms with Crippen molar-refractivity contribution < 1.29 is 0 Å². The molecule has 0 amide bonds. The Morgan fingerprint density at radius 2 is 1.61 bits per heavy atom. The molecule has 4 rings (SSSR count). The van der Waals surface area contributed by atoms with E-state index in [1.165, 1.54) is 11.6 Å². The molecule has 0 saturated heterocycles. The maximum Gasteiger partial charge on any atom is 0.332 e. The van der Waals surface area contributed by atoms with Crippen molar-refractivity contribution in [2.24, 2.45) is 21.1 Å². The van der Waals surface area contributed by atoms with Crippen molar-refractivity contribution in [1.82, 2.24) is 23.1 Å². The lowest BCUT2D eigenvalue weighted by molar-refractivity contribution is 0.708. The molecule has 0 spiro atoms. The summed E-state index contributed by atoms with van der Waals surface area (Å²) < 4.78 is 6.16. The van der Waals surface area contributed by atoms with Crippen LogP contribution in [0.4, 0.5) is 0 Å². The molecule has 1 aromatic carbocycles. The number of nitrogens with zero attached hydrogens (tertiary/aromatic N) is 5. The zero-order valence-electron chi connectivity index (χ0n) is 13.0. The van der Waals surface area contributed by atoms with E-state index in [4.69, 9.17) is 0 Å². The van der Waals surface area contributed by atoms with Crippen molar-refractivity contribution in [1.29, 1.82) is 0 Å². The summed E-state index contributed by atoms with van der Waals surface area (Å²) in [6.45, 7) is 0. The van der Waals surface area contributed by atoms with E-state index in [1.807, 2.05) is 48.1 Å². The lowest BCUT2D eigenvalue weighted by Crippen LogP contribution is -2.37. The Hall–Kier alpha value is -3.09. The van der Waals surface area contributed by atoms with Gasteiger partial charge in [0.2, 0.25) is 5.78 Å². The quantitative estimate of drug-likeness (QED) is 0.524. The lowest BCUT2D eigenvalue weighted by Gasteiger charge is -2.03. The molecular weight excluding hydrogens is 294 g/mol.